The number of hydrogen-bond donors (Lipinski definition) is 2. The fourth-order valence-electron chi connectivity index (χ4n) is 3.58. The summed E-state index contributed by atoms with van der Waals surface area (Å²) in [7, 11) is 0. The standard InChI is InChI=1S/C17H23N7O/c1-12-14(23-7-3-2-4-15(23)22-12)5-6-18-16-13-10-21-24(8-9-25)17(13)20-11-19-16/h10-11,25H,2-9H2,1H3,(H,18,19,20). The Kier molecular flexibility index (Phi) is 4.35. The fraction of sp³-hybridized carbons (Fsp3) is 0.529. The van der Waals surface area contributed by atoms with E-state index in [0.717, 1.165) is 48.5 Å². The summed E-state index contributed by atoms with van der Waals surface area (Å²) in [5.74, 6) is 2.01. The lowest BCUT2D eigenvalue weighted by Gasteiger charge is -2.16. The molecule has 4 rings (SSSR count). The summed E-state index contributed by atoms with van der Waals surface area (Å²) in [5.41, 5.74) is 3.20. The zero-order chi connectivity index (χ0) is 17.2. The lowest BCUT2D eigenvalue weighted by atomic mass is 10.1. The predicted molar refractivity (Wildman–Crippen MR) is 94.5 cm³/mol. The van der Waals surface area contributed by atoms with Crippen LogP contribution in [0, 0.1) is 6.92 Å². The first-order valence-electron chi connectivity index (χ1n) is 8.84. The average molecular weight is 341 g/mol. The van der Waals surface area contributed by atoms with Crippen LogP contribution < -0.4 is 5.32 Å². The van der Waals surface area contributed by atoms with Crippen LogP contribution in [0.4, 0.5) is 5.82 Å². The molecule has 0 aromatic carbocycles. The van der Waals surface area contributed by atoms with Gasteiger partial charge in [0, 0.05) is 31.6 Å². The van der Waals surface area contributed by atoms with Crippen LogP contribution in [0.15, 0.2) is 12.5 Å². The number of hydrogen-bond acceptors (Lipinski definition) is 6. The zero-order valence-corrected chi connectivity index (χ0v) is 14.4. The van der Waals surface area contributed by atoms with Crippen LogP contribution >= 0.6 is 0 Å². The van der Waals surface area contributed by atoms with Crippen molar-refractivity contribution in [2.24, 2.45) is 0 Å². The molecule has 0 aliphatic carbocycles. The maximum atomic E-state index is 9.11. The van der Waals surface area contributed by atoms with Crippen molar-refractivity contribution in [2.75, 3.05) is 18.5 Å². The molecule has 2 N–H and O–H groups in total. The number of rotatable bonds is 6. The van der Waals surface area contributed by atoms with Crippen LogP contribution in [0.25, 0.3) is 11.0 Å². The molecule has 0 saturated heterocycles. The number of aromatic nitrogens is 6. The molecule has 0 saturated carbocycles. The second kappa shape index (κ2) is 6.79. The van der Waals surface area contributed by atoms with Crippen molar-refractivity contribution >= 4 is 16.9 Å². The third kappa shape index (κ3) is 2.97. The highest BCUT2D eigenvalue weighted by molar-refractivity contribution is 5.86. The molecule has 0 atom stereocenters. The minimum atomic E-state index is 0.0368. The lowest BCUT2D eigenvalue weighted by Crippen LogP contribution is -2.16. The number of nitrogens with zero attached hydrogens (tertiary/aromatic N) is 6. The van der Waals surface area contributed by atoms with Crippen molar-refractivity contribution in [1.82, 2.24) is 29.3 Å². The van der Waals surface area contributed by atoms with Gasteiger partial charge in [0.2, 0.25) is 0 Å². The second-order valence-corrected chi connectivity index (χ2v) is 6.40. The van der Waals surface area contributed by atoms with E-state index in [2.05, 4.69) is 31.9 Å². The van der Waals surface area contributed by atoms with Gasteiger partial charge in [-0.2, -0.15) is 5.10 Å². The van der Waals surface area contributed by atoms with Gasteiger partial charge in [-0.3, -0.25) is 0 Å². The number of fused-ring (bicyclic) bond motifs is 2. The Balaban J connectivity index is 1.49. The Morgan fingerprint density at radius 3 is 3.08 bits per heavy atom. The molecule has 0 unspecified atom stereocenters. The molecule has 0 bridgehead atoms. The van der Waals surface area contributed by atoms with Crippen LogP contribution in [0.1, 0.15) is 30.1 Å². The molecule has 4 heterocycles. The zero-order valence-electron chi connectivity index (χ0n) is 14.4. The topological polar surface area (TPSA) is 93.7 Å². The van der Waals surface area contributed by atoms with Gasteiger partial charge in [-0.15, -0.1) is 0 Å². The molecule has 3 aromatic rings. The van der Waals surface area contributed by atoms with E-state index < -0.39 is 0 Å². The third-order valence-corrected chi connectivity index (χ3v) is 4.78. The molecular weight excluding hydrogens is 318 g/mol. The average Bonchev–Trinajstić information content (AvgIpc) is 3.17. The normalized spacial score (nSPS) is 14.0. The SMILES string of the molecule is Cc1nc2n(c1CCNc1ncnc3c1cnn3CCO)CCCC2. The highest BCUT2D eigenvalue weighted by atomic mass is 16.3. The van der Waals surface area contributed by atoms with Gasteiger partial charge in [-0.05, 0) is 19.8 Å². The van der Waals surface area contributed by atoms with Crippen LogP contribution in [0.3, 0.4) is 0 Å². The molecule has 8 nitrogen and oxygen atoms in total. The highest BCUT2D eigenvalue weighted by Gasteiger charge is 2.17. The summed E-state index contributed by atoms with van der Waals surface area (Å²) in [5, 5.41) is 17.7. The van der Waals surface area contributed by atoms with Gasteiger partial charge >= 0.3 is 0 Å². The van der Waals surface area contributed by atoms with Crippen LogP contribution in [-0.4, -0.2) is 47.6 Å². The van der Waals surface area contributed by atoms with Crippen molar-refractivity contribution in [2.45, 2.75) is 45.7 Å². The van der Waals surface area contributed by atoms with Gasteiger partial charge in [0.15, 0.2) is 5.65 Å². The lowest BCUT2D eigenvalue weighted by molar-refractivity contribution is 0.271. The minimum Gasteiger partial charge on any atom is -0.394 e. The van der Waals surface area contributed by atoms with E-state index in [1.54, 1.807) is 10.9 Å². The van der Waals surface area contributed by atoms with Crippen molar-refractivity contribution in [1.29, 1.82) is 0 Å². The van der Waals surface area contributed by atoms with Crippen LogP contribution in [0.5, 0.6) is 0 Å². The molecular formula is C17H23N7O. The van der Waals surface area contributed by atoms with E-state index in [-0.39, 0.29) is 6.61 Å². The van der Waals surface area contributed by atoms with Crippen molar-refractivity contribution < 1.29 is 5.11 Å². The van der Waals surface area contributed by atoms with Gasteiger partial charge in [-0.1, -0.05) is 0 Å². The molecule has 25 heavy (non-hydrogen) atoms. The molecule has 132 valence electrons. The number of aryl methyl sites for hydroxylation is 2. The molecule has 1 aliphatic heterocycles. The van der Waals surface area contributed by atoms with Crippen molar-refractivity contribution in [3.05, 3.63) is 29.7 Å². The van der Waals surface area contributed by atoms with Crippen LogP contribution in [-0.2, 0) is 25.9 Å². The second-order valence-electron chi connectivity index (χ2n) is 6.40. The van der Waals surface area contributed by atoms with Crippen molar-refractivity contribution in [3.8, 4) is 0 Å². The molecule has 0 radical (unpaired) electrons. The molecule has 0 spiro atoms. The summed E-state index contributed by atoms with van der Waals surface area (Å²) in [4.78, 5) is 13.3. The number of imidazole rings is 1. The summed E-state index contributed by atoms with van der Waals surface area (Å²) in [6.07, 6.45) is 7.76. The van der Waals surface area contributed by atoms with E-state index in [1.807, 2.05) is 0 Å². The Labute approximate surface area is 145 Å². The van der Waals surface area contributed by atoms with Gasteiger partial charge < -0.3 is 15.0 Å². The first-order chi connectivity index (χ1) is 12.3. The molecule has 0 fully saturated rings. The van der Waals surface area contributed by atoms with Crippen molar-refractivity contribution in [3.63, 3.8) is 0 Å². The Bertz CT molecular complexity index is 883. The van der Waals surface area contributed by atoms with E-state index in [9.17, 15) is 0 Å². The quantitative estimate of drug-likeness (QED) is 0.702. The monoisotopic (exact) mass is 341 g/mol. The maximum absolute atomic E-state index is 9.11. The van der Waals surface area contributed by atoms with E-state index in [4.69, 9.17) is 10.1 Å². The summed E-state index contributed by atoms with van der Waals surface area (Å²) < 4.78 is 4.08. The molecule has 0 amide bonds. The largest absolute Gasteiger partial charge is 0.394 e. The van der Waals surface area contributed by atoms with Gasteiger partial charge in [0.1, 0.15) is 18.0 Å². The summed E-state index contributed by atoms with van der Waals surface area (Å²) in [6, 6.07) is 0. The first kappa shape index (κ1) is 16.0. The van der Waals surface area contributed by atoms with Gasteiger partial charge in [0.25, 0.3) is 0 Å². The molecule has 1 aliphatic rings. The molecule has 3 aromatic heterocycles. The summed E-state index contributed by atoms with van der Waals surface area (Å²) in [6.45, 7) is 4.43. The van der Waals surface area contributed by atoms with E-state index in [0.29, 0.717) is 6.54 Å². The highest BCUT2D eigenvalue weighted by Crippen LogP contribution is 2.21. The van der Waals surface area contributed by atoms with E-state index in [1.165, 1.54) is 30.7 Å². The van der Waals surface area contributed by atoms with Crippen LogP contribution in [0.2, 0.25) is 0 Å². The first-order valence-corrected chi connectivity index (χ1v) is 8.84. The van der Waals surface area contributed by atoms with Gasteiger partial charge in [0.05, 0.1) is 30.4 Å². The molecule has 8 heteroatoms. The Morgan fingerprint density at radius 2 is 2.20 bits per heavy atom. The van der Waals surface area contributed by atoms with E-state index >= 15 is 0 Å². The maximum Gasteiger partial charge on any atom is 0.163 e. The summed E-state index contributed by atoms with van der Waals surface area (Å²) >= 11 is 0. The fourth-order valence-corrected chi connectivity index (χ4v) is 3.58. The Morgan fingerprint density at radius 1 is 1.28 bits per heavy atom. The number of aliphatic hydroxyl groups excluding tert-OH is 1. The van der Waals surface area contributed by atoms with Gasteiger partial charge in [-0.25, -0.2) is 19.6 Å². The third-order valence-electron chi connectivity index (χ3n) is 4.78. The number of anilines is 1. The predicted octanol–water partition coefficient (Wildman–Crippen LogP) is 1.31. The number of aliphatic hydroxyl groups is 1. The Hall–Kier alpha value is -2.48. The minimum absolute atomic E-state index is 0.0368. The number of nitrogens with one attached hydrogen (secondary N) is 1. The smallest absolute Gasteiger partial charge is 0.163 e.